The van der Waals surface area contributed by atoms with Crippen molar-refractivity contribution in [3.63, 3.8) is 0 Å². The Balaban J connectivity index is 2.29. The molecular formula is C13H13N5O2. The molecule has 20 heavy (non-hydrogen) atoms. The minimum atomic E-state index is -0.436. The number of aryl methyl sites for hydroxylation is 1. The predicted molar refractivity (Wildman–Crippen MR) is 68.6 cm³/mol. The maximum absolute atomic E-state index is 12.0. The normalized spacial score (nSPS) is 11.2. The van der Waals surface area contributed by atoms with Gasteiger partial charge in [0.05, 0.1) is 12.4 Å². The van der Waals surface area contributed by atoms with Crippen molar-refractivity contribution in [2.45, 2.75) is 6.92 Å². The lowest BCUT2D eigenvalue weighted by Crippen LogP contribution is -2.31. The standard InChI is InChI=1S/C13H13N5O2/c1-8-4-6-18(7-5-8)12-14-9-10(15-12)16(2)13(20)17(3)11(9)19/h4-7H,1-3H3. The van der Waals surface area contributed by atoms with Crippen molar-refractivity contribution in [2.75, 3.05) is 0 Å². The van der Waals surface area contributed by atoms with Crippen LogP contribution < -0.4 is 15.4 Å². The molecule has 0 aliphatic carbocycles. The average Bonchev–Trinajstić information content (AvgIpc) is 2.89. The molecule has 0 aromatic carbocycles. The van der Waals surface area contributed by atoms with Crippen LogP contribution in [0.2, 0.25) is 0 Å². The highest BCUT2D eigenvalue weighted by Crippen LogP contribution is 2.23. The number of fused-ring (bicyclic) bond motifs is 1. The Labute approximate surface area is 114 Å². The van der Waals surface area contributed by atoms with Gasteiger partial charge >= 0.3 is 11.6 Å². The van der Waals surface area contributed by atoms with Crippen molar-refractivity contribution >= 4 is 0 Å². The van der Waals surface area contributed by atoms with Crippen LogP contribution in [0, 0.1) is 6.92 Å². The van der Waals surface area contributed by atoms with Gasteiger partial charge in [0.25, 0.3) is 5.82 Å². The molecule has 0 saturated carbocycles. The number of rotatable bonds is 1. The first-order valence-corrected chi connectivity index (χ1v) is 6.08. The van der Waals surface area contributed by atoms with E-state index in [1.54, 1.807) is 11.6 Å². The maximum Gasteiger partial charge on any atom is 0.440 e. The number of hydrogen-bond acceptors (Lipinski definition) is 4. The summed E-state index contributed by atoms with van der Waals surface area (Å²) in [5.74, 6) is 0.231. The molecule has 0 unspecified atom stereocenters. The van der Waals surface area contributed by atoms with Crippen LogP contribution >= 0.6 is 0 Å². The molecular weight excluding hydrogens is 258 g/mol. The average molecular weight is 271 g/mol. The SMILES string of the molecule is Cc1cc[n+](-c2nc3c([O-])n(C)c(=O)n(C)c-3n2)cc1. The first-order valence-electron chi connectivity index (χ1n) is 6.08. The molecule has 7 nitrogen and oxygen atoms in total. The molecule has 0 saturated heterocycles. The van der Waals surface area contributed by atoms with Gasteiger partial charge in [0.2, 0.25) is 5.69 Å². The van der Waals surface area contributed by atoms with E-state index >= 15 is 0 Å². The fourth-order valence-corrected chi connectivity index (χ4v) is 2.01. The van der Waals surface area contributed by atoms with Crippen molar-refractivity contribution in [2.24, 2.45) is 14.1 Å². The Hall–Kier alpha value is -2.70. The van der Waals surface area contributed by atoms with Crippen LogP contribution in [0.15, 0.2) is 29.3 Å². The quantitative estimate of drug-likeness (QED) is 0.547. The van der Waals surface area contributed by atoms with Gasteiger partial charge in [0, 0.05) is 20.0 Å². The lowest BCUT2D eigenvalue weighted by molar-refractivity contribution is -0.603. The van der Waals surface area contributed by atoms with Crippen LogP contribution in [0.4, 0.5) is 0 Å². The van der Waals surface area contributed by atoms with Gasteiger partial charge in [0.1, 0.15) is 0 Å². The molecule has 7 heteroatoms. The van der Waals surface area contributed by atoms with E-state index in [-0.39, 0.29) is 5.69 Å². The van der Waals surface area contributed by atoms with Gasteiger partial charge in [-0.25, -0.2) is 9.36 Å². The van der Waals surface area contributed by atoms with E-state index in [9.17, 15) is 9.90 Å². The van der Waals surface area contributed by atoms with Crippen molar-refractivity contribution in [3.8, 4) is 23.3 Å². The summed E-state index contributed by atoms with van der Waals surface area (Å²) < 4.78 is 4.06. The molecule has 0 radical (unpaired) electrons. The van der Waals surface area contributed by atoms with E-state index in [1.807, 2.05) is 31.5 Å². The lowest BCUT2D eigenvalue weighted by Gasteiger charge is -2.14. The highest BCUT2D eigenvalue weighted by atomic mass is 16.3. The zero-order valence-corrected chi connectivity index (χ0v) is 11.4. The highest BCUT2D eigenvalue weighted by Gasteiger charge is 2.27. The third-order valence-corrected chi connectivity index (χ3v) is 3.26. The number of nitrogens with zero attached hydrogens (tertiary/aromatic N) is 5. The zero-order chi connectivity index (χ0) is 14.4. The van der Waals surface area contributed by atoms with Gasteiger partial charge < -0.3 is 9.67 Å². The van der Waals surface area contributed by atoms with E-state index in [2.05, 4.69) is 9.97 Å². The second kappa shape index (κ2) is 4.16. The first-order chi connectivity index (χ1) is 9.49. The summed E-state index contributed by atoms with van der Waals surface area (Å²) in [6.07, 6.45) is 3.62. The topological polar surface area (TPSA) is 79.6 Å². The highest BCUT2D eigenvalue weighted by molar-refractivity contribution is 5.58. The molecule has 0 N–H and O–H groups in total. The van der Waals surface area contributed by atoms with Gasteiger partial charge in [0.15, 0.2) is 0 Å². The zero-order valence-electron chi connectivity index (χ0n) is 11.4. The Morgan fingerprint density at radius 3 is 2.45 bits per heavy atom. The second-order valence-electron chi connectivity index (χ2n) is 4.68. The number of imidazole rings is 1. The number of pyridine rings is 1. The van der Waals surface area contributed by atoms with Gasteiger partial charge in [-0.3, -0.25) is 4.57 Å². The Morgan fingerprint density at radius 1 is 1.15 bits per heavy atom. The Bertz CT molecular complexity index is 816. The third kappa shape index (κ3) is 1.67. The van der Waals surface area contributed by atoms with Crippen LogP contribution in [-0.4, -0.2) is 19.1 Å². The summed E-state index contributed by atoms with van der Waals surface area (Å²) in [6.45, 7) is 1.98. The molecule has 0 bridgehead atoms. The molecule has 0 spiro atoms. The van der Waals surface area contributed by atoms with E-state index < -0.39 is 11.6 Å². The van der Waals surface area contributed by atoms with E-state index in [1.165, 1.54) is 11.6 Å². The summed E-state index contributed by atoms with van der Waals surface area (Å²) in [5.41, 5.74) is 0.890. The fourth-order valence-electron chi connectivity index (χ4n) is 2.01. The largest absolute Gasteiger partial charge is 0.857 e. The third-order valence-electron chi connectivity index (χ3n) is 3.26. The van der Waals surface area contributed by atoms with Gasteiger partial charge in [-0.05, 0) is 29.6 Å². The van der Waals surface area contributed by atoms with Crippen molar-refractivity contribution in [3.05, 3.63) is 40.6 Å². The van der Waals surface area contributed by atoms with E-state index in [0.29, 0.717) is 11.8 Å². The molecule has 0 atom stereocenters. The van der Waals surface area contributed by atoms with Gasteiger partial charge in [-0.1, -0.05) is 4.98 Å². The fraction of sp³-hybridized carbons (Fsp3) is 0.231. The first kappa shape index (κ1) is 12.3. The molecule has 3 heterocycles. The van der Waals surface area contributed by atoms with Gasteiger partial charge in [-0.2, -0.15) is 0 Å². The minimum absolute atomic E-state index is 0.192. The van der Waals surface area contributed by atoms with Gasteiger partial charge in [-0.15, -0.1) is 0 Å². The smallest absolute Gasteiger partial charge is 0.440 e. The molecule has 1 aromatic rings. The summed E-state index contributed by atoms with van der Waals surface area (Å²) in [6, 6.07) is 3.83. The summed E-state index contributed by atoms with van der Waals surface area (Å²) >= 11 is 0. The van der Waals surface area contributed by atoms with Crippen molar-refractivity contribution in [1.82, 2.24) is 19.1 Å². The number of hydrogen-bond donors (Lipinski definition) is 0. The van der Waals surface area contributed by atoms with Crippen LogP contribution in [0.1, 0.15) is 5.56 Å². The molecule has 2 aliphatic rings. The van der Waals surface area contributed by atoms with E-state index in [0.717, 1.165) is 10.1 Å². The monoisotopic (exact) mass is 271 g/mol. The molecule has 2 aliphatic heterocycles. The minimum Gasteiger partial charge on any atom is -0.857 e. The molecule has 102 valence electrons. The van der Waals surface area contributed by atoms with Crippen LogP contribution in [0.5, 0.6) is 5.88 Å². The molecule has 3 rings (SSSR count). The number of aromatic nitrogens is 5. The Morgan fingerprint density at radius 2 is 1.80 bits per heavy atom. The molecule has 0 amide bonds. The van der Waals surface area contributed by atoms with Crippen molar-refractivity contribution in [1.29, 1.82) is 0 Å². The molecule has 0 fully saturated rings. The summed E-state index contributed by atoms with van der Waals surface area (Å²) in [4.78, 5) is 20.4. The lowest BCUT2D eigenvalue weighted by atomic mass is 10.3. The maximum atomic E-state index is 12.0. The molecule has 1 aromatic heterocycles. The second-order valence-corrected chi connectivity index (χ2v) is 4.68. The van der Waals surface area contributed by atoms with Crippen LogP contribution in [0.25, 0.3) is 17.5 Å². The van der Waals surface area contributed by atoms with E-state index in [4.69, 9.17) is 0 Å². The summed E-state index contributed by atoms with van der Waals surface area (Å²) in [7, 11) is 3.00. The summed E-state index contributed by atoms with van der Waals surface area (Å²) in [5, 5.41) is 12.0. The van der Waals surface area contributed by atoms with Crippen LogP contribution in [0.3, 0.4) is 0 Å². The predicted octanol–water partition coefficient (Wildman–Crippen LogP) is -0.723. The van der Waals surface area contributed by atoms with Crippen molar-refractivity contribution < 1.29 is 9.67 Å². The van der Waals surface area contributed by atoms with Crippen LogP contribution in [-0.2, 0) is 14.1 Å². The Kier molecular flexibility index (Phi) is 2.56.